The Morgan fingerprint density at radius 1 is 1.27 bits per heavy atom. The van der Waals surface area contributed by atoms with Crippen LogP contribution >= 0.6 is 0 Å². The quantitative estimate of drug-likeness (QED) is 0.359. The van der Waals surface area contributed by atoms with E-state index in [1.165, 1.54) is 0 Å². The molecule has 0 spiro atoms. The smallest absolute Gasteiger partial charge is 0.550 e. The molecule has 0 unspecified atom stereocenters. The van der Waals surface area contributed by atoms with Crippen molar-refractivity contribution in [2.24, 2.45) is 0 Å². The molecular formula is C24H21N4NaO4. The summed E-state index contributed by atoms with van der Waals surface area (Å²) in [5, 5.41) is 25.2. The van der Waals surface area contributed by atoms with Crippen molar-refractivity contribution in [1.82, 2.24) is 14.7 Å². The second-order valence-corrected chi connectivity index (χ2v) is 7.64. The van der Waals surface area contributed by atoms with Crippen molar-refractivity contribution >= 4 is 16.9 Å². The van der Waals surface area contributed by atoms with Gasteiger partial charge in [0.25, 0.3) is 5.89 Å². The van der Waals surface area contributed by atoms with E-state index in [2.05, 4.69) is 16.2 Å². The van der Waals surface area contributed by atoms with Crippen molar-refractivity contribution in [2.75, 3.05) is 0 Å². The number of aryl methyl sites for hydroxylation is 1. The molecule has 0 amide bonds. The van der Waals surface area contributed by atoms with Gasteiger partial charge in [0.15, 0.2) is 0 Å². The Kier molecular flexibility index (Phi) is 7.92. The maximum Gasteiger partial charge on any atom is 1.00 e. The SMILES string of the molecule is CC(C)Oc1ccc(-c2nc(-c3cccc4c3ccn4CCCC(=O)[O-])no2)cc1C#N.[Na+]. The minimum Gasteiger partial charge on any atom is -0.550 e. The maximum absolute atomic E-state index is 10.7. The number of nitrogens with zero attached hydrogens (tertiary/aromatic N) is 4. The Labute approximate surface area is 213 Å². The van der Waals surface area contributed by atoms with Crippen LogP contribution in [0.25, 0.3) is 33.7 Å². The van der Waals surface area contributed by atoms with Crippen LogP contribution in [0.15, 0.2) is 53.2 Å². The molecule has 0 atom stereocenters. The summed E-state index contributed by atoms with van der Waals surface area (Å²) in [6.45, 7) is 4.37. The van der Waals surface area contributed by atoms with E-state index in [0.29, 0.717) is 41.6 Å². The summed E-state index contributed by atoms with van der Waals surface area (Å²) >= 11 is 0. The first-order valence-electron chi connectivity index (χ1n) is 10.3. The molecule has 0 bridgehead atoms. The number of carboxylic acids is 1. The minimum absolute atomic E-state index is 0. The number of hydrogen-bond donors (Lipinski definition) is 0. The predicted octanol–water partition coefficient (Wildman–Crippen LogP) is 0.551. The van der Waals surface area contributed by atoms with Gasteiger partial charge in [-0.3, -0.25) is 0 Å². The average Bonchev–Trinajstić information content (AvgIpc) is 3.41. The third-order valence-corrected chi connectivity index (χ3v) is 4.97. The molecule has 2 aromatic carbocycles. The third-order valence-electron chi connectivity index (χ3n) is 4.97. The molecule has 162 valence electrons. The molecule has 0 N–H and O–H groups in total. The molecule has 2 aromatic heterocycles. The number of nitriles is 1. The van der Waals surface area contributed by atoms with Crippen molar-refractivity contribution in [3.8, 4) is 34.7 Å². The number of aromatic nitrogens is 3. The van der Waals surface area contributed by atoms with Crippen LogP contribution in [0.1, 0.15) is 32.3 Å². The zero-order valence-electron chi connectivity index (χ0n) is 18.7. The first-order chi connectivity index (χ1) is 15.5. The molecule has 0 saturated heterocycles. The Balaban J connectivity index is 0.00000306. The molecule has 0 aliphatic rings. The summed E-state index contributed by atoms with van der Waals surface area (Å²) in [7, 11) is 0. The van der Waals surface area contributed by atoms with Crippen molar-refractivity contribution in [1.29, 1.82) is 5.26 Å². The summed E-state index contributed by atoms with van der Waals surface area (Å²) in [6, 6.07) is 15.0. The van der Waals surface area contributed by atoms with E-state index in [0.717, 1.165) is 16.5 Å². The van der Waals surface area contributed by atoms with E-state index < -0.39 is 5.97 Å². The van der Waals surface area contributed by atoms with Crippen molar-refractivity contribution in [2.45, 2.75) is 39.3 Å². The standard InChI is InChI=1S/C24H22N4O4.Na/c1-15(2)31-21-9-8-16(13-17(21)14-25)24-26-23(27-32-24)19-5-3-6-20-18(19)10-12-28(20)11-4-7-22(29)30;/h3,5-6,8-10,12-13,15H,4,7,11H2,1-2H3,(H,29,30);/q;+1/p-1. The van der Waals surface area contributed by atoms with E-state index in [4.69, 9.17) is 9.26 Å². The molecule has 0 saturated carbocycles. The topological polar surface area (TPSA) is 117 Å². The summed E-state index contributed by atoms with van der Waals surface area (Å²) in [4.78, 5) is 15.2. The fraction of sp³-hybridized carbons (Fsp3) is 0.250. The van der Waals surface area contributed by atoms with Gasteiger partial charge in [0.1, 0.15) is 11.8 Å². The second-order valence-electron chi connectivity index (χ2n) is 7.64. The van der Waals surface area contributed by atoms with E-state index in [1.807, 2.05) is 48.9 Å². The molecule has 4 rings (SSSR count). The summed E-state index contributed by atoms with van der Waals surface area (Å²) in [5.41, 5.74) is 2.78. The molecule has 2 heterocycles. The van der Waals surface area contributed by atoms with Crippen LogP contribution in [0.3, 0.4) is 0 Å². The number of carboxylic acid groups (broad SMARTS) is 1. The van der Waals surface area contributed by atoms with Crippen LogP contribution < -0.4 is 39.4 Å². The molecule has 0 radical (unpaired) electrons. The maximum atomic E-state index is 10.7. The van der Waals surface area contributed by atoms with Gasteiger partial charge in [-0.1, -0.05) is 17.3 Å². The summed E-state index contributed by atoms with van der Waals surface area (Å²) < 4.78 is 13.1. The average molecular weight is 452 g/mol. The van der Waals surface area contributed by atoms with Gasteiger partial charge in [-0.25, -0.2) is 0 Å². The number of ether oxygens (including phenoxy) is 1. The first kappa shape index (κ1) is 24.5. The third kappa shape index (κ3) is 5.45. The number of aliphatic carboxylic acids is 1. The zero-order valence-corrected chi connectivity index (χ0v) is 20.7. The number of hydrogen-bond acceptors (Lipinski definition) is 7. The van der Waals surface area contributed by atoms with Gasteiger partial charge in [-0.2, -0.15) is 10.2 Å². The van der Waals surface area contributed by atoms with Gasteiger partial charge in [0, 0.05) is 40.7 Å². The number of rotatable bonds is 8. The van der Waals surface area contributed by atoms with Crippen LogP contribution in [-0.2, 0) is 11.3 Å². The Morgan fingerprint density at radius 2 is 2.09 bits per heavy atom. The fourth-order valence-corrected chi connectivity index (χ4v) is 3.56. The molecule has 0 fully saturated rings. The monoisotopic (exact) mass is 452 g/mol. The van der Waals surface area contributed by atoms with Crippen LogP contribution in [0, 0.1) is 11.3 Å². The Bertz CT molecular complexity index is 1320. The zero-order chi connectivity index (χ0) is 22.7. The van der Waals surface area contributed by atoms with Gasteiger partial charge in [-0.15, -0.1) is 0 Å². The van der Waals surface area contributed by atoms with Crippen LogP contribution in [0.4, 0.5) is 0 Å². The molecular weight excluding hydrogens is 431 g/mol. The molecule has 4 aromatic rings. The van der Waals surface area contributed by atoms with Crippen molar-refractivity contribution in [3.63, 3.8) is 0 Å². The first-order valence-corrected chi connectivity index (χ1v) is 10.3. The van der Waals surface area contributed by atoms with E-state index in [1.54, 1.807) is 18.2 Å². The number of fused-ring (bicyclic) bond motifs is 1. The minimum atomic E-state index is -1.05. The molecule has 0 aliphatic heterocycles. The normalized spacial score (nSPS) is 10.7. The number of carbonyl (C=O) groups excluding carboxylic acids is 1. The molecule has 33 heavy (non-hydrogen) atoms. The van der Waals surface area contributed by atoms with Crippen molar-refractivity contribution in [3.05, 3.63) is 54.2 Å². The van der Waals surface area contributed by atoms with Crippen LogP contribution in [0.2, 0.25) is 0 Å². The molecule has 9 heteroatoms. The van der Waals surface area contributed by atoms with Gasteiger partial charge in [-0.05, 0) is 57.0 Å². The predicted molar refractivity (Wildman–Crippen MR) is 115 cm³/mol. The second kappa shape index (κ2) is 10.7. The largest absolute Gasteiger partial charge is 1.00 e. The fourth-order valence-electron chi connectivity index (χ4n) is 3.56. The summed E-state index contributed by atoms with van der Waals surface area (Å²) in [6.07, 6.45) is 2.37. The van der Waals surface area contributed by atoms with Gasteiger partial charge in [0.05, 0.1) is 11.7 Å². The molecule has 0 aliphatic carbocycles. The van der Waals surface area contributed by atoms with E-state index in [-0.39, 0.29) is 42.1 Å². The van der Waals surface area contributed by atoms with Gasteiger partial charge >= 0.3 is 29.6 Å². The van der Waals surface area contributed by atoms with Crippen LogP contribution in [-0.4, -0.2) is 26.8 Å². The number of benzene rings is 2. The Hall–Kier alpha value is -3.12. The van der Waals surface area contributed by atoms with Crippen LogP contribution in [0.5, 0.6) is 5.75 Å². The molecule has 8 nitrogen and oxygen atoms in total. The van der Waals surface area contributed by atoms with Gasteiger partial charge < -0.3 is 23.7 Å². The van der Waals surface area contributed by atoms with E-state index >= 15 is 0 Å². The summed E-state index contributed by atoms with van der Waals surface area (Å²) in [5.74, 6) is 0.192. The van der Waals surface area contributed by atoms with E-state index in [9.17, 15) is 15.2 Å². The van der Waals surface area contributed by atoms with Crippen molar-refractivity contribution < 1.29 is 48.7 Å². The Morgan fingerprint density at radius 3 is 2.82 bits per heavy atom. The van der Waals surface area contributed by atoms with Gasteiger partial charge in [0.2, 0.25) is 5.82 Å². The number of carbonyl (C=O) groups is 1.